The monoisotopic (exact) mass is 246 g/mol. The Morgan fingerprint density at radius 2 is 2.33 bits per heavy atom. The van der Waals surface area contributed by atoms with Gasteiger partial charge in [-0.05, 0) is 13.0 Å². The quantitative estimate of drug-likeness (QED) is 0.741. The minimum Gasteiger partial charge on any atom is -0.368 e. The van der Waals surface area contributed by atoms with Crippen LogP contribution in [0.15, 0.2) is 30.9 Å². The summed E-state index contributed by atoms with van der Waals surface area (Å²) in [6.07, 6.45) is 5.33. The van der Waals surface area contributed by atoms with Crippen LogP contribution in [-0.2, 0) is 0 Å². The summed E-state index contributed by atoms with van der Waals surface area (Å²) < 4.78 is 0. The molecule has 4 N–H and O–H groups in total. The van der Waals surface area contributed by atoms with E-state index in [1.54, 1.807) is 6.33 Å². The highest BCUT2D eigenvalue weighted by molar-refractivity contribution is 5.60. The fourth-order valence-corrected chi connectivity index (χ4v) is 1.55. The lowest BCUT2D eigenvalue weighted by Crippen LogP contribution is -2.25. The molecular weight excluding hydrogens is 228 g/mol. The zero-order valence-corrected chi connectivity index (χ0v) is 10.6. The van der Waals surface area contributed by atoms with Gasteiger partial charge in [-0.3, -0.25) is 0 Å². The zero-order valence-electron chi connectivity index (χ0n) is 10.6. The molecule has 0 saturated carbocycles. The molecule has 2 aromatic heterocycles. The van der Waals surface area contributed by atoms with E-state index in [-0.39, 0.29) is 6.04 Å². The summed E-state index contributed by atoms with van der Waals surface area (Å²) in [6.45, 7) is 2.63. The Morgan fingerprint density at radius 3 is 3.00 bits per heavy atom. The average molecular weight is 246 g/mol. The van der Waals surface area contributed by atoms with Crippen molar-refractivity contribution in [2.75, 3.05) is 23.8 Å². The second-order valence-corrected chi connectivity index (χ2v) is 4.25. The van der Waals surface area contributed by atoms with Crippen LogP contribution in [0.1, 0.15) is 6.92 Å². The number of nitrogens with one attached hydrogen (secondary N) is 2. The second-order valence-electron chi connectivity index (χ2n) is 4.25. The third-order valence-corrected chi connectivity index (χ3v) is 2.57. The summed E-state index contributed by atoms with van der Waals surface area (Å²) in [7, 11) is 1.96. The summed E-state index contributed by atoms with van der Waals surface area (Å²) in [5, 5.41) is 3.17. The Hall–Kier alpha value is -2.08. The van der Waals surface area contributed by atoms with Crippen LogP contribution in [0.2, 0.25) is 0 Å². The number of aromatic nitrogens is 3. The summed E-state index contributed by atoms with van der Waals surface area (Å²) in [5.41, 5.74) is 6.74. The van der Waals surface area contributed by atoms with Gasteiger partial charge in [0.25, 0.3) is 0 Å². The van der Waals surface area contributed by atoms with Crippen molar-refractivity contribution in [1.82, 2.24) is 15.0 Å². The van der Waals surface area contributed by atoms with Crippen LogP contribution in [0, 0.1) is 0 Å². The molecule has 0 aromatic carbocycles. The van der Waals surface area contributed by atoms with Crippen LogP contribution in [0.3, 0.4) is 0 Å². The summed E-state index contributed by atoms with van der Waals surface area (Å²) >= 11 is 0. The Labute approximate surface area is 106 Å². The first-order chi connectivity index (χ1) is 8.66. The number of nitrogens with zero attached hydrogens (tertiary/aromatic N) is 3. The average Bonchev–Trinajstić information content (AvgIpc) is 2.89. The molecular formula is C12H18N6. The van der Waals surface area contributed by atoms with Crippen molar-refractivity contribution in [3.63, 3.8) is 0 Å². The lowest BCUT2D eigenvalue weighted by molar-refractivity contribution is 0.777. The van der Waals surface area contributed by atoms with E-state index < -0.39 is 0 Å². The highest BCUT2D eigenvalue weighted by Gasteiger charge is 2.07. The second kappa shape index (κ2) is 5.50. The molecule has 0 bridgehead atoms. The Kier molecular flexibility index (Phi) is 3.78. The maximum Gasteiger partial charge on any atom is 0.138 e. The molecule has 0 aliphatic rings. The smallest absolute Gasteiger partial charge is 0.138 e. The first kappa shape index (κ1) is 12.4. The van der Waals surface area contributed by atoms with E-state index in [9.17, 15) is 0 Å². The molecule has 18 heavy (non-hydrogen) atoms. The van der Waals surface area contributed by atoms with Gasteiger partial charge in [-0.2, -0.15) is 0 Å². The van der Waals surface area contributed by atoms with Gasteiger partial charge in [-0.25, -0.2) is 9.97 Å². The molecule has 2 rings (SSSR count). The Morgan fingerprint density at radius 1 is 1.50 bits per heavy atom. The van der Waals surface area contributed by atoms with Crippen molar-refractivity contribution in [2.45, 2.75) is 13.0 Å². The van der Waals surface area contributed by atoms with Crippen LogP contribution in [0.25, 0.3) is 0 Å². The highest BCUT2D eigenvalue weighted by Crippen LogP contribution is 2.21. The lowest BCUT2D eigenvalue weighted by atomic mass is 10.3. The van der Waals surface area contributed by atoms with Crippen molar-refractivity contribution in [3.05, 3.63) is 30.9 Å². The van der Waals surface area contributed by atoms with Crippen LogP contribution in [0.4, 0.5) is 17.3 Å². The van der Waals surface area contributed by atoms with Gasteiger partial charge in [0.15, 0.2) is 0 Å². The summed E-state index contributed by atoms with van der Waals surface area (Å²) in [6, 6.07) is 3.97. The van der Waals surface area contributed by atoms with Crippen LogP contribution in [0.5, 0.6) is 0 Å². The van der Waals surface area contributed by atoms with Gasteiger partial charge in [0, 0.05) is 38.1 Å². The highest BCUT2D eigenvalue weighted by atomic mass is 15.2. The molecule has 0 saturated heterocycles. The predicted molar refractivity (Wildman–Crippen MR) is 73.0 cm³/mol. The number of nitrogens with two attached hydrogens (primary N) is 1. The molecule has 0 amide bonds. The summed E-state index contributed by atoms with van der Waals surface area (Å²) in [4.78, 5) is 13.4. The molecule has 0 aliphatic heterocycles. The maximum absolute atomic E-state index is 5.69. The molecule has 0 radical (unpaired) electrons. The van der Waals surface area contributed by atoms with Gasteiger partial charge >= 0.3 is 0 Å². The molecule has 6 nitrogen and oxygen atoms in total. The van der Waals surface area contributed by atoms with Gasteiger partial charge in [-0.15, -0.1) is 0 Å². The predicted octanol–water partition coefficient (Wildman–Crippen LogP) is 1.33. The molecule has 0 aliphatic carbocycles. The normalized spacial score (nSPS) is 12.2. The van der Waals surface area contributed by atoms with Gasteiger partial charge in [-0.1, -0.05) is 0 Å². The molecule has 2 heterocycles. The van der Waals surface area contributed by atoms with Crippen molar-refractivity contribution in [2.24, 2.45) is 5.73 Å². The van der Waals surface area contributed by atoms with Crippen molar-refractivity contribution in [1.29, 1.82) is 0 Å². The molecule has 0 spiro atoms. The number of hydrogen-bond donors (Lipinski definition) is 3. The third kappa shape index (κ3) is 2.98. The van der Waals surface area contributed by atoms with E-state index in [1.807, 2.05) is 43.4 Å². The van der Waals surface area contributed by atoms with E-state index in [0.717, 1.165) is 17.3 Å². The molecule has 2 aromatic rings. The number of anilines is 3. The molecule has 1 atom stereocenters. The van der Waals surface area contributed by atoms with Gasteiger partial charge in [0.1, 0.15) is 18.0 Å². The largest absolute Gasteiger partial charge is 0.368 e. The van der Waals surface area contributed by atoms with E-state index in [4.69, 9.17) is 5.73 Å². The molecule has 6 heteroatoms. The third-order valence-electron chi connectivity index (χ3n) is 2.57. The number of aromatic amines is 1. The van der Waals surface area contributed by atoms with Crippen molar-refractivity contribution < 1.29 is 0 Å². The first-order valence-corrected chi connectivity index (χ1v) is 5.85. The van der Waals surface area contributed by atoms with E-state index in [0.29, 0.717) is 6.54 Å². The number of H-pyrrole nitrogens is 1. The van der Waals surface area contributed by atoms with Crippen LogP contribution < -0.4 is 16.0 Å². The fraction of sp³-hybridized carbons (Fsp3) is 0.333. The zero-order chi connectivity index (χ0) is 13.0. The standard InChI is InChI=1S/C12H18N6/c1-9(13)6-15-11-5-12(17-8-16-11)18(2)10-3-4-14-7-10/h3-5,7-9,14H,6,13H2,1-2H3,(H,15,16,17). The van der Waals surface area contributed by atoms with Crippen LogP contribution in [-0.4, -0.2) is 34.6 Å². The number of rotatable bonds is 5. The van der Waals surface area contributed by atoms with E-state index in [1.165, 1.54) is 0 Å². The SMILES string of the molecule is CC(N)CNc1cc(N(C)c2cc[nH]c2)ncn1. The Balaban J connectivity index is 2.11. The first-order valence-electron chi connectivity index (χ1n) is 5.85. The lowest BCUT2D eigenvalue weighted by Gasteiger charge is -2.17. The topological polar surface area (TPSA) is 82.9 Å². The summed E-state index contributed by atoms with van der Waals surface area (Å²) in [5.74, 6) is 1.61. The van der Waals surface area contributed by atoms with Gasteiger partial charge < -0.3 is 20.9 Å². The fourth-order valence-electron chi connectivity index (χ4n) is 1.55. The van der Waals surface area contributed by atoms with E-state index in [2.05, 4.69) is 20.3 Å². The molecule has 1 unspecified atom stereocenters. The van der Waals surface area contributed by atoms with Crippen molar-refractivity contribution >= 4 is 17.3 Å². The van der Waals surface area contributed by atoms with Crippen molar-refractivity contribution in [3.8, 4) is 0 Å². The Bertz CT molecular complexity index is 479. The van der Waals surface area contributed by atoms with Gasteiger partial charge in [0.2, 0.25) is 0 Å². The minimum absolute atomic E-state index is 0.0887. The minimum atomic E-state index is 0.0887. The maximum atomic E-state index is 5.69. The molecule has 0 fully saturated rings. The molecule has 96 valence electrons. The van der Waals surface area contributed by atoms with Gasteiger partial charge in [0.05, 0.1) is 5.69 Å². The number of hydrogen-bond acceptors (Lipinski definition) is 5. The van der Waals surface area contributed by atoms with Crippen LogP contribution >= 0.6 is 0 Å². The van der Waals surface area contributed by atoms with E-state index >= 15 is 0 Å².